The fourth-order valence-electron chi connectivity index (χ4n) is 3.39. The number of nitrogens with one attached hydrogen (secondary N) is 1. The number of hydrogen-bond donors (Lipinski definition) is 1. The Balaban J connectivity index is 1.55. The highest BCUT2D eigenvalue weighted by Crippen LogP contribution is 2.31. The number of carbonyl (C=O) groups is 1. The molecule has 2 aromatic heterocycles. The average Bonchev–Trinajstić information content (AvgIpc) is 3.24. The van der Waals surface area contributed by atoms with Gasteiger partial charge in [-0.05, 0) is 43.0 Å². The van der Waals surface area contributed by atoms with Crippen molar-refractivity contribution in [3.05, 3.63) is 72.7 Å². The molecule has 0 aliphatic rings. The van der Waals surface area contributed by atoms with Crippen LogP contribution in [0.1, 0.15) is 38.7 Å². The van der Waals surface area contributed by atoms with Crippen molar-refractivity contribution in [2.45, 2.75) is 43.4 Å². The zero-order valence-corrected chi connectivity index (χ0v) is 18.6. The minimum absolute atomic E-state index is 0.0528. The Morgan fingerprint density at radius 3 is 2.58 bits per heavy atom. The van der Waals surface area contributed by atoms with Gasteiger partial charge in [0.05, 0.1) is 22.5 Å². The van der Waals surface area contributed by atoms with Crippen LogP contribution in [0.15, 0.2) is 72.1 Å². The van der Waals surface area contributed by atoms with E-state index in [2.05, 4.69) is 40.3 Å². The molecule has 0 aliphatic carbocycles. The maximum atomic E-state index is 12.9. The molecule has 2 heterocycles. The molecule has 0 saturated carbocycles. The highest BCUT2D eigenvalue weighted by atomic mass is 32.2. The van der Waals surface area contributed by atoms with Crippen molar-refractivity contribution in [3.63, 3.8) is 0 Å². The molecule has 0 saturated heterocycles. The zero-order valence-electron chi connectivity index (χ0n) is 17.8. The monoisotopic (exact) mass is 431 g/mol. The maximum Gasteiger partial charge on any atom is 0.237 e. The molecular formula is C24H25N5OS. The van der Waals surface area contributed by atoms with Crippen LogP contribution >= 0.6 is 11.8 Å². The minimum atomic E-state index is -0.330. The zero-order chi connectivity index (χ0) is 21.8. The van der Waals surface area contributed by atoms with Crippen molar-refractivity contribution in [2.24, 2.45) is 0 Å². The normalized spacial score (nSPS) is 13.1. The third-order valence-electron chi connectivity index (χ3n) is 5.35. The van der Waals surface area contributed by atoms with Gasteiger partial charge < -0.3 is 5.32 Å². The molecule has 4 rings (SSSR count). The first-order valence-corrected chi connectivity index (χ1v) is 11.3. The lowest BCUT2D eigenvalue weighted by Crippen LogP contribution is -2.23. The van der Waals surface area contributed by atoms with E-state index in [1.54, 1.807) is 10.9 Å². The summed E-state index contributed by atoms with van der Waals surface area (Å²) >= 11 is 1.41. The molecular weight excluding hydrogens is 406 g/mol. The van der Waals surface area contributed by atoms with Crippen LogP contribution in [0.25, 0.3) is 16.7 Å². The number of anilines is 1. The van der Waals surface area contributed by atoms with Crippen molar-refractivity contribution in [1.82, 2.24) is 19.7 Å². The highest BCUT2D eigenvalue weighted by molar-refractivity contribution is 8.00. The van der Waals surface area contributed by atoms with E-state index in [-0.39, 0.29) is 11.2 Å². The van der Waals surface area contributed by atoms with E-state index in [4.69, 9.17) is 0 Å². The molecule has 0 spiro atoms. The quantitative estimate of drug-likeness (QED) is 0.311. The van der Waals surface area contributed by atoms with Crippen LogP contribution in [0.3, 0.4) is 0 Å². The fourth-order valence-corrected chi connectivity index (χ4v) is 4.27. The van der Waals surface area contributed by atoms with Gasteiger partial charge in [-0.25, -0.2) is 14.6 Å². The van der Waals surface area contributed by atoms with Crippen molar-refractivity contribution < 1.29 is 4.79 Å². The number of nitrogens with zero attached hydrogens (tertiary/aromatic N) is 4. The largest absolute Gasteiger partial charge is 0.325 e. The number of benzene rings is 2. The Kier molecular flexibility index (Phi) is 6.32. The number of thioether (sulfide) groups is 1. The summed E-state index contributed by atoms with van der Waals surface area (Å²) in [7, 11) is 0. The van der Waals surface area contributed by atoms with Gasteiger partial charge >= 0.3 is 0 Å². The topological polar surface area (TPSA) is 72.7 Å². The predicted octanol–water partition coefficient (Wildman–Crippen LogP) is 5.45. The van der Waals surface area contributed by atoms with Crippen LogP contribution < -0.4 is 5.32 Å². The van der Waals surface area contributed by atoms with Gasteiger partial charge in [-0.1, -0.05) is 62.0 Å². The van der Waals surface area contributed by atoms with Gasteiger partial charge in [0.2, 0.25) is 5.91 Å². The van der Waals surface area contributed by atoms with Crippen LogP contribution in [0.2, 0.25) is 0 Å². The number of fused-ring (bicyclic) bond motifs is 1. The van der Waals surface area contributed by atoms with E-state index in [0.29, 0.717) is 5.92 Å². The molecule has 1 amide bonds. The molecule has 2 unspecified atom stereocenters. The third-order valence-corrected chi connectivity index (χ3v) is 6.47. The van der Waals surface area contributed by atoms with Crippen LogP contribution in [0.4, 0.5) is 5.69 Å². The van der Waals surface area contributed by atoms with Crippen molar-refractivity contribution in [3.8, 4) is 5.69 Å². The van der Waals surface area contributed by atoms with Gasteiger partial charge in [-0.3, -0.25) is 4.79 Å². The van der Waals surface area contributed by atoms with E-state index in [9.17, 15) is 4.79 Å². The molecule has 0 radical (unpaired) electrons. The van der Waals surface area contributed by atoms with Crippen molar-refractivity contribution in [2.75, 3.05) is 5.32 Å². The molecule has 7 heteroatoms. The van der Waals surface area contributed by atoms with Gasteiger partial charge in [0.15, 0.2) is 5.65 Å². The second-order valence-corrected chi connectivity index (χ2v) is 8.78. The first-order chi connectivity index (χ1) is 15.1. The van der Waals surface area contributed by atoms with Gasteiger partial charge in [0.25, 0.3) is 0 Å². The van der Waals surface area contributed by atoms with Crippen LogP contribution in [-0.2, 0) is 4.79 Å². The molecule has 2 aromatic carbocycles. The van der Waals surface area contributed by atoms with Crippen LogP contribution in [0, 0.1) is 0 Å². The summed E-state index contributed by atoms with van der Waals surface area (Å²) in [5, 5.41) is 8.83. The van der Waals surface area contributed by atoms with Gasteiger partial charge in [0.1, 0.15) is 11.4 Å². The standard InChI is InChI=1S/C24H25N5OS/c1-4-16(2)19-12-8-9-13-21(19)28-23(30)17(3)31-24-20-14-27-29(22(20)25-15-26-24)18-10-6-5-7-11-18/h5-17H,4H2,1-3H3,(H,28,30). The highest BCUT2D eigenvalue weighted by Gasteiger charge is 2.20. The minimum Gasteiger partial charge on any atom is -0.325 e. The third kappa shape index (κ3) is 4.46. The molecule has 1 N–H and O–H groups in total. The Bertz CT molecular complexity index is 1190. The SMILES string of the molecule is CCC(C)c1ccccc1NC(=O)C(C)Sc1ncnc2c1cnn2-c1ccccc1. The summed E-state index contributed by atoms with van der Waals surface area (Å²) in [6, 6.07) is 17.8. The van der Waals surface area contributed by atoms with Crippen molar-refractivity contribution >= 4 is 34.4 Å². The van der Waals surface area contributed by atoms with E-state index in [1.165, 1.54) is 18.1 Å². The lowest BCUT2D eigenvalue weighted by atomic mass is 9.97. The van der Waals surface area contributed by atoms with Gasteiger partial charge in [-0.2, -0.15) is 5.10 Å². The number of rotatable bonds is 7. The summed E-state index contributed by atoms with van der Waals surface area (Å²) in [6.45, 7) is 6.21. The molecule has 2 atom stereocenters. The smallest absolute Gasteiger partial charge is 0.237 e. The average molecular weight is 432 g/mol. The first kappa shape index (κ1) is 21.1. The molecule has 158 valence electrons. The van der Waals surface area contributed by atoms with Gasteiger partial charge in [-0.15, -0.1) is 0 Å². The first-order valence-electron chi connectivity index (χ1n) is 10.4. The number of aromatic nitrogens is 4. The van der Waals surface area contributed by atoms with E-state index in [1.807, 2.05) is 55.5 Å². The van der Waals surface area contributed by atoms with E-state index >= 15 is 0 Å². The Morgan fingerprint density at radius 1 is 1.06 bits per heavy atom. The Labute approximate surface area is 186 Å². The van der Waals surface area contributed by atoms with Crippen LogP contribution in [-0.4, -0.2) is 30.9 Å². The number of para-hydroxylation sites is 2. The number of amides is 1. The fraction of sp³-hybridized carbons (Fsp3) is 0.250. The second-order valence-electron chi connectivity index (χ2n) is 7.45. The number of carbonyl (C=O) groups excluding carboxylic acids is 1. The molecule has 4 aromatic rings. The summed E-state index contributed by atoms with van der Waals surface area (Å²) in [5.74, 6) is 0.327. The number of hydrogen-bond acceptors (Lipinski definition) is 5. The molecule has 0 bridgehead atoms. The molecule has 6 nitrogen and oxygen atoms in total. The maximum absolute atomic E-state index is 12.9. The molecule has 31 heavy (non-hydrogen) atoms. The molecule has 0 fully saturated rings. The second kappa shape index (κ2) is 9.31. The summed E-state index contributed by atoms with van der Waals surface area (Å²) in [6.07, 6.45) is 4.30. The lowest BCUT2D eigenvalue weighted by Gasteiger charge is -2.17. The molecule has 0 aliphatic heterocycles. The van der Waals surface area contributed by atoms with E-state index < -0.39 is 0 Å². The van der Waals surface area contributed by atoms with Gasteiger partial charge in [0, 0.05) is 5.69 Å². The Morgan fingerprint density at radius 2 is 1.81 bits per heavy atom. The summed E-state index contributed by atoms with van der Waals surface area (Å²) in [4.78, 5) is 21.8. The predicted molar refractivity (Wildman–Crippen MR) is 126 cm³/mol. The Hall–Kier alpha value is -3.19. The van der Waals surface area contributed by atoms with Crippen LogP contribution in [0.5, 0.6) is 0 Å². The van der Waals surface area contributed by atoms with E-state index in [0.717, 1.165) is 39.4 Å². The lowest BCUT2D eigenvalue weighted by molar-refractivity contribution is -0.115. The van der Waals surface area contributed by atoms with Crippen molar-refractivity contribution in [1.29, 1.82) is 0 Å². The summed E-state index contributed by atoms with van der Waals surface area (Å²) < 4.78 is 1.79. The summed E-state index contributed by atoms with van der Waals surface area (Å²) in [5.41, 5.74) is 3.68.